The van der Waals surface area contributed by atoms with Crippen LogP contribution >= 0.6 is 0 Å². The number of furan rings is 1. The highest BCUT2D eigenvalue weighted by atomic mass is 16.3. The molecule has 0 bridgehead atoms. The molecule has 0 saturated heterocycles. The standard InChI is InChI=1S/C48H31NO/c1-3-13-32(14-4-1)40-26-25-38(31-44(40)33-15-5-2-6-16-33)49(46-29-35-17-7-8-18-39(35)41-19-9-10-20-42(41)46)37-24-23-34-30-48-45(28-36(34)27-37)43-21-11-12-22-47(43)50-48/h1-31H. The second-order valence-electron chi connectivity index (χ2n) is 12.9. The number of hydrogen-bond acceptors (Lipinski definition) is 2. The number of rotatable bonds is 5. The topological polar surface area (TPSA) is 16.4 Å². The van der Waals surface area contributed by atoms with Crippen molar-refractivity contribution in [1.29, 1.82) is 0 Å². The summed E-state index contributed by atoms with van der Waals surface area (Å²) in [5.41, 5.74) is 9.93. The third-order valence-electron chi connectivity index (χ3n) is 10.00. The van der Waals surface area contributed by atoms with Crippen LogP contribution in [0.25, 0.3) is 76.5 Å². The van der Waals surface area contributed by atoms with Gasteiger partial charge in [0, 0.05) is 27.5 Å². The molecule has 0 amide bonds. The predicted molar refractivity (Wildman–Crippen MR) is 212 cm³/mol. The third kappa shape index (κ3) is 4.65. The zero-order chi connectivity index (χ0) is 33.0. The Morgan fingerprint density at radius 3 is 1.74 bits per heavy atom. The van der Waals surface area contributed by atoms with E-state index >= 15 is 0 Å². The second kappa shape index (κ2) is 11.5. The smallest absolute Gasteiger partial charge is 0.136 e. The maximum Gasteiger partial charge on any atom is 0.136 e. The first-order valence-corrected chi connectivity index (χ1v) is 17.1. The molecule has 0 aliphatic carbocycles. The monoisotopic (exact) mass is 637 g/mol. The van der Waals surface area contributed by atoms with Gasteiger partial charge in [-0.05, 0) is 97.7 Å². The molecule has 2 nitrogen and oxygen atoms in total. The summed E-state index contributed by atoms with van der Waals surface area (Å²) in [7, 11) is 0. The summed E-state index contributed by atoms with van der Waals surface area (Å²) >= 11 is 0. The molecule has 50 heavy (non-hydrogen) atoms. The van der Waals surface area contributed by atoms with Crippen LogP contribution in [0.2, 0.25) is 0 Å². The van der Waals surface area contributed by atoms with Gasteiger partial charge in [0.15, 0.2) is 0 Å². The van der Waals surface area contributed by atoms with Gasteiger partial charge >= 0.3 is 0 Å². The first-order chi connectivity index (χ1) is 24.8. The van der Waals surface area contributed by atoms with Crippen molar-refractivity contribution in [3.63, 3.8) is 0 Å². The largest absolute Gasteiger partial charge is 0.456 e. The van der Waals surface area contributed by atoms with Gasteiger partial charge in [0.25, 0.3) is 0 Å². The molecule has 10 rings (SSSR count). The molecule has 0 N–H and O–H groups in total. The van der Waals surface area contributed by atoms with E-state index in [1.165, 1.54) is 49.2 Å². The van der Waals surface area contributed by atoms with Gasteiger partial charge in [0.1, 0.15) is 11.2 Å². The van der Waals surface area contributed by atoms with Gasteiger partial charge in [-0.15, -0.1) is 0 Å². The maximum atomic E-state index is 6.26. The zero-order valence-corrected chi connectivity index (χ0v) is 27.3. The maximum absolute atomic E-state index is 6.26. The fourth-order valence-corrected chi connectivity index (χ4v) is 7.64. The zero-order valence-electron chi connectivity index (χ0n) is 27.3. The van der Waals surface area contributed by atoms with E-state index in [1.807, 2.05) is 12.1 Å². The Balaban J connectivity index is 1.26. The number of benzene rings is 9. The molecular weight excluding hydrogens is 607 g/mol. The molecule has 0 radical (unpaired) electrons. The molecule has 0 unspecified atom stereocenters. The summed E-state index contributed by atoms with van der Waals surface area (Å²) in [4.78, 5) is 2.44. The van der Waals surface area contributed by atoms with E-state index in [0.29, 0.717) is 0 Å². The van der Waals surface area contributed by atoms with Gasteiger partial charge in [-0.2, -0.15) is 0 Å². The van der Waals surface area contributed by atoms with Crippen molar-refractivity contribution < 1.29 is 4.42 Å². The molecule has 9 aromatic carbocycles. The SMILES string of the molecule is c1ccc(-c2ccc(N(c3ccc4cc5oc6ccccc6c5cc4c3)c3cc4ccccc4c4ccccc34)cc2-c2ccccc2)cc1. The fraction of sp³-hybridized carbons (Fsp3) is 0. The van der Waals surface area contributed by atoms with Crippen molar-refractivity contribution >= 4 is 71.3 Å². The van der Waals surface area contributed by atoms with Gasteiger partial charge in [0.2, 0.25) is 0 Å². The lowest BCUT2D eigenvalue weighted by atomic mass is 9.93. The Kier molecular flexibility index (Phi) is 6.53. The summed E-state index contributed by atoms with van der Waals surface area (Å²) in [5, 5.41) is 9.49. The summed E-state index contributed by atoms with van der Waals surface area (Å²) < 4.78 is 6.26. The van der Waals surface area contributed by atoms with Gasteiger partial charge in [-0.3, -0.25) is 0 Å². The van der Waals surface area contributed by atoms with Gasteiger partial charge in [-0.25, -0.2) is 0 Å². The van der Waals surface area contributed by atoms with Crippen LogP contribution in [0.5, 0.6) is 0 Å². The van der Waals surface area contributed by atoms with Crippen molar-refractivity contribution in [2.24, 2.45) is 0 Å². The van der Waals surface area contributed by atoms with E-state index in [-0.39, 0.29) is 0 Å². The summed E-state index contributed by atoms with van der Waals surface area (Å²) in [6.45, 7) is 0. The van der Waals surface area contributed by atoms with Crippen molar-refractivity contribution in [2.75, 3.05) is 4.90 Å². The Labute approximate surface area is 290 Å². The number of nitrogens with zero attached hydrogens (tertiary/aromatic N) is 1. The van der Waals surface area contributed by atoms with E-state index in [2.05, 4.69) is 181 Å². The molecule has 0 fully saturated rings. The number of fused-ring (bicyclic) bond motifs is 7. The van der Waals surface area contributed by atoms with Crippen LogP contribution in [0, 0.1) is 0 Å². The third-order valence-corrected chi connectivity index (χ3v) is 10.00. The summed E-state index contributed by atoms with van der Waals surface area (Å²) in [6, 6.07) is 67.7. The fourth-order valence-electron chi connectivity index (χ4n) is 7.64. The highest BCUT2D eigenvalue weighted by molar-refractivity contribution is 6.15. The Morgan fingerprint density at radius 2 is 0.940 bits per heavy atom. The molecule has 0 spiro atoms. The van der Waals surface area contributed by atoms with Crippen molar-refractivity contribution in [2.45, 2.75) is 0 Å². The molecule has 0 aliphatic heterocycles. The molecule has 2 heteroatoms. The minimum atomic E-state index is 0.910. The van der Waals surface area contributed by atoms with Crippen LogP contribution in [0.3, 0.4) is 0 Å². The van der Waals surface area contributed by atoms with Crippen LogP contribution in [0.15, 0.2) is 192 Å². The van der Waals surface area contributed by atoms with E-state index in [1.54, 1.807) is 0 Å². The second-order valence-corrected chi connectivity index (χ2v) is 12.9. The Morgan fingerprint density at radius 1 is 0.320 bits per heavy atom. The molecule has 1 aromatic heterocycles. The van der Waals surface area contributed by atoms with E-state index in [0.717, 1.165) is 44.4 Å². The van der Waals surface area contributed by atoms with E-state index in [9.17, 15) is 0 Å². The lowest BCUT2D eigenvalue weighted by molar-refractivity contribution is 0.669. The first kappa shape index (κ1) is 28.4. The normalized spacial score (nSPS) is 11.6. The first-order valence-electron chi connectivity index (χ1n) is 17.1. The van der Waals surface area contributed by atoms with Gasteiger partial charge in [0.05, 0.1) is 5.69 Å². The Bertz CT molecular complexity index is 2870. The Hall–Kier alpha value is -6.64. The molecule has 0 atom stereocenters. The lowest BCUT2D eigenvalue weighted by Gasteiger charge is -2.29. The van der Waals surface area contributed by atoms with Crippen LogP contribution in [0.1, 0.15) is 0 Å². The van der Waals surface area contributed by atoms with Crippen molar-refractivity contribution in [3.05, 3.63) is 188 Å². The van der Waals surface area contributed by atoms with Crippen LogP contribution < -0.4 is 4.90 Å². The quantitative estimate of drug-likeness (QED) is 0.175. The summed E-state index contributed by atoms with van der Waals surface area (Å²) in [6.07, 6.45) is 0. The van der Waals surface area contributed by atoms with Gasteiger partial charge in [-0.1, -0.05) is 140 Å². The predicted octanol–water partition coefficient (Wildman–Crippen LogP) is 13.8. The molecule has 0 aliphatic rings. The van der Waals surface area contributed by atoms with Crippen LogP contribution in [-0.4, -0.2) is 0 Å². The van der Waals surface area contributed by atoms with Crippen molar-refractivity contribution in [3.8, 4) is 22.3 Å². The summed E-state index contributed by atoms with van der Waals surface area (Å²) in [5.74, 6) is 0. The molecule has 234 valence electrons. The number of para-hydroxylation sites is 1. The average molecular weight is 638 g/mol. The highest BCUT2D eigenvalue weighted by Crippen LogP contribution is 2.45. The van der Waals surface area contributed by atoms with Crippen LogP contribution in [0.4, 0.5) is 17.1 Å². The van der Waals surface area contributed by atoms with E-state index < -0.39 is 0 Å². The minimum Gasteiger partial charge on any atom is -0.456 e. The minimum absolute atomic E-state index is 0.910. The van der Waals surface area contributed by atoms with E-state index in [4.69, 9.17) is 4.42 Å². The molecule has 1 heterocycles. The number of hydrogen-bond donors (Lipinski definition) is 0. The lowest BCUT2D eigenvalue weighted by Crippen LogP contribution is -2.11. The average Bonchev–Trinajstić information content (AvgIpc) is 3.55. The highest BCUT2D eigenvalue weighted by Gasteiger charge is 2.20. The molecular formula is C48H31NO. The molecule has 0 saturated carbocycles. The number of anilines is 3. The van der Waals surface area contributed by atoms with Crippen LogP contribution in [-0.2, 0) is 0 Å². The van der Waals surface area contributed by atoms with Crippen molar-refractivity contribution in [1.82, 2.24) is 0 Å². The molecule has 10 aromatic rings. The van der Waals surface area contributed by atoms with Gasteiger partial charge < -0.3 is 9.32 Å².